The number of methoxy groups -OCH3 is 3. The largest absolute Gasteiger partial charge is 0.493 e. The molecule has 3 rings (SSSR count). The lowest BCUT2D eigenvalue weighted by molar-refractivity contribution is -0.925. The molecule has 2 aromatic carbocycles. The van der Waals surface area contributed by atoms with Gasteiger partial charge in [-0.1, -0.05) is 6.07 Å². The van der Waals surface area contributed by atoms with Crippen LogP contribution in [0.3, 0.4) is 0 Å². The van der Waals surface area contributed by atoms with Crippen molar-refractivity contribution in [2.75, 3.05) is 39.7 Å². The van der Waals surface area contributed by atoms with E-state index < -0.39 is 5.82 Å². The molecule has 0 aliphatic carbocycles. The van der Waals surface area contributed by atoms with Crippen LogP contribution in [0.4, 0.5) is 10.1 Å². The first-order valence-corrected chi connectivity index (χ1v) is 9.66. The Morgan fingerprint density at radius 2 is 1.87 bits per heavy atom. The van der Waals surface area contributed by atoms with E-state index in [0.29, 0.717) is 23.7 Å². The van der Waals surface area contributed by atoms with Gasteiger partial charge in [0.05, 0.1) is 27.9 Å². The van der Waals surface area contributed by atoms with E-state index in [9.17, 15) is 14.0 Å². The summed E-state index contributed by atoms with van der Waals surface area (Å²) < 4.78 is 29.1. The van der Waals surface area contributed by atoms with Crippen LogP contribution in [0.25, 0.3) is 0 Å². The first-order chi connectivity index (χ1) is 14.4. The molecule has 160 valence electrons. The minimum absolute atomic E-state index is 0.127. The number of nitrogens with one attached hydrogen (secondary N) is 2. The summed E-state index contributed by atoms with van der Waals surface area (Å²) in [4.78, 5) is 25.6. The molecule has 2 N–H and O–H groups in total. The minimum Gasteiger partial charge on any atom is -0.493 e. The molecule has 2 aromatic rings. The van der Waals surface area contributed by atoms with Crippen molar-refractivity contribution in [3.63, 3.8) is 0 Å². The SMILES string of the molecule is COC(=O)C[C@H]1c2cc(OC)c(OC)cc2CC[NH+]1CC(=O)Nc1cccc(F)c1. The summed E-state index contributed by atoms with van der Waals surface area (Å²) >= 11 is 0. The molecule has 0 bridgehead atoms. The molecule has 0 aromatic heterocycles. The number of ether oxygens (including phenoxy) is 3. The third-order valence-corrected chi connectivity index (χ3v) is 5.32. The molecule has 0 fully saturated rings. The van der Waals surface area contributed by atoms with Crippen molar-refractivity contribution in [3.8, 4) is 11.5 Å². The van der Waals surface area contributed by atoms with Crippen LogP contribution < -0.4 is 19.7 Å². The van der Waals surface area contributed by atoms with Gasteiger partial charge in [0.15, 0.2) is 18.0 Å². The molecular formula is C22H26FN2O5+. The lowest BCUT2D eigenvalue weighted by Crippen LogP contribution is -3.14. The van der Waals surface area contributed by atoms with E-state index in [1.165, 1.54) is 25.3 Å². The smallest absolute Gasteiger partial charge is 0.311 e. The number of rotatable bonds is 7. The van der Waals surface area contributed by atoms with Gasteiger partial charge in [-0.15, -0.1) is 0 Å². The highest BCUT2D eigenvalue weighted by atomic mass is 19.1. The van der Waals surface area contributed by atoms with Crippen LogP contribution in [0.1, 0.15) is 23.6 Å². The number of quaternary nitrogens is 1. The molecule has 2 atom stereocenters. The van der Waals surface area contributed by atoms with Crippen LogP contribution in [0.5, 0.6) is 11.5 Å². The second-order valence-electron chi connectivity index (χ2n) is 7.13. The van der Waals surface area contributed by atoms with Crippen molar-refractivity contribution < 1.29 is 33.1 Å². The summed E-state index contributed by atoms with van der Waals surface area (Å²) in [5.74, 6) is 0.161. The number of amides is 1. The summed E-state index contributed by atoms with van der Waals surface area (Å²) in [5.41, 5.74) is 2.38. The molecule has 30 heavy (non-hydrogen) atoms. The summed E-state index contributed by atoms with van der Waals surface area (Å²) in [6, 6.07) is 9.25. The van der Waals surface area contributed by atoms with E-state index in [-0.39, 0.29) is 30.9 Å². The van der Waals surface area contributed by atoms with Crippen LogP contribution in [0.15, 0.2) is 36.4 Å². The molecule has 0 saturated heterocycles. The molecule has 1 aliphatic heterocycles. The summed E-state index contributed by atoms with van der Waals surface area (Å²) in [5, 5.41) is 2.72. The molecule has 1 heterocycles. The number of carbonyl (C=O) groups is 2. The van der Waals surface area contributed by atoms with E-state index in [1.54, 1.807) is 20.3 Å². The van der Waals surface area contributed by atoms with Crippen LogP contribution in [-0.2, 0) is 20.7 Å². The third kappa shape index (κ3) is 4.88. The van der Waals surface area contributed by atoms with Crippen LogP contribution >= 0.6 is 0 Å². The molecule has 8 heteroatoms. The molecule has 1 aliphatic rings. The molecule has 0 saturated carbocycles. The number of hydrogen-bond acceptors (Lipinski definition) is 5. The molecule has 7 nitrogen and oxygen atoms in total. The van der Waals surface area contributed by atoms with E-state index in [1.807, 2.05) is 12.1 Å². The predicted octanol–water partition coefficient (Wildman–Crippen LogP) is 1.53. The van der Waals surface area contributed by atoms with Gasteiger partial charge in [0.1, 0.15) is 18.3 Å². The molecule has 0 radical (unpaired) electrons. The Kier molecular flexibility index (Phi) is 6.89. The summed E-state index contributed by atoms with van der Waals surface area (Å²) in [7, 11) is 4.48. The highest BCUT2D eigenvalue weighted by Gasteiger charge is 2.35. The van der Waals surface area contributed by atoms with Gasteiger partial charge in [-0.05, 0) is 35.9 Å². The standard InChI is InChI=1S/C22H25FN2O5/c1-28-19-9-14-7-8-25(13-21(26)24-16-6-4-5-15(23)10-16)18(12-22(27)30-3)17(14)11-20(19)29-2/h4-6,9-11,18H,7-8,12-13H2,1-3H3,(H,24,26)/p+1/t18-/m0/s1. The van der Waals surface area contributed by atoms with E-state index in [2.05, 4.69) is 5.32 Å². The van der Waals surface area contributed by atoms with Gasteiger partial charge in [0.2, 0.25) is 0 Å². The van der Waals surface area contributed by atoms with Crippen molar-refractivity contribution in [3.05, 3.63) is 53.3 Å². The van der Waals surface area contributed by atoms with Crippen molar-refractivity contribution in [2.24, 2.45) is 0 Å². The Morgan fingerprint density at radius 3 is 2.53 bits per heavy atom. The second kappa shape index (κ2) is 9.58. The second-order valence-corrected chi connectivity index (χ2v) is 7.13. The fourth-order valence-corrected chi connectivity index (χ4v) is 3.86. The highest BCUT2D eigenvalue weighted by molar-refractivity contribution is 5.91. The van der Waals surface area contributed by atoms with Crippen molar-refractivity contribution in [1.29, 1.82) is 0 Å². The fraction of sp³-hybridized carbons (Fsp3) is 0.364. The maximum Gasteiger partial charge on any atom is 0.311 e. The average molecular weight is 417 g/mol. The Balaban J connectivity index is 1.85. The number of hydrogen-bond donors (Lipinski definition) is 2. The zero-order chi connectivity index (χ0) is 21.7. The van der Waals surface area contributed by atoms with Gasteiger partial charge < -0.3 is 24.4 Å². The van der Waals surface area contributed by atoms with Crippen molar-refractivity contribution >= 4 is 17.6 Å². The van der Waals surface area contributed by atoms with Gasteiger partial charge in [-0.25, -0.2) is 4.39 Å². The zero-order valence-electron chi connectivity index (χ0n) is 17.3. The van der Waals surface area contributed by atoms with Gasteiger partial charge in [0, 0.05) is 17.7 Å². The Hall–Kier alpha value is -3.13. The van der Waals surface area contributed by atoms with Crippen LogP contribution in [0, 0.1) is 5.82 Å². The molecule has 1 amide bonds. The first kappa shape index (κ1) is 21.6. The van der Waals surface area contributed by atoms with Crippen molar-refractivity contribution in [1.82, 2.24) is 0 Å². The summed E-state index contributed by atoms with van der Waals surface area (Å²) in [6.45, 7) is 0.784. The zero-order valence-corrected chi connectivity index (χ0v) is 17.3. The maximum absolute atomic E-state index is 13.4. The quantitative estimate of drug-likeness (QED) is 0.668. The number of fused-ring (bicyclic) bond motifs is 1. The fourth-order valence-electron chi connectivity index (χ4n) is 3.86. The average Bonchev–Trinajstić information content (AvgIpc) is 2.74. The number of benzene rings is 2. The van der Waals surface area contributed by atoms with E-state index in [0.717, 1.165) is 22.4 Å². The Bertz CT molecular complexity index is 934. The predicted molar refractivity (Wildman–Crippen MR) is 108 cm³/mol. The summed E-state index contributed by atoms with van der Waals surface area (Å²) in [6.07, 6.45) is 0.845. The third-order valence-electron chi connectivity index (χ3n) is 5.32. The molecule has 1 unspecified atom stereocenters. The Labute approximate surface area is 174 Å². The van der Waals surface area contributed by atoms with E-state index in [4.69, 9.17) is 14.2 Å². The lowest BCUT2D eigenvalue weighted by atomic mass is 9.90. The van der Waals surface area contributed by atoms with Crippen LogP contribution in [-0.4, -0.2) is 46.3 Å². The van der Waals surface area contributed by atoms with Gasteiger partial charge >= 0.3 is 5.97 Å². The van der Waals surface area contributed by atoms with Gasteiger partial charge in [-0.3, -0.25) is 9.59 Å². The number of carbonyl (C=O) groups excluding carboxylic acids is 2. The molecule has 0 spiro atoms. The minimum atomic E-state index is -0.420. The lowest BCUT2D eigenvalue weighted by Gasteiger charge is -2.34. The number of halogens is 1. The van der Waals surface area contributed by atoms with Gasteiger partial charge in [-0.2, -0.15) is 0 Å². The van der Waals surface area contributed by atoms with Crippen molar-refractivity contribution in [2.45, 2.75) is 18.9 Å². The number of anilines is 1. The number of esters is 1. The normalized spacial score (nSPS) is 17.6. The topological polar surface area (TPSA) is 78.3 Å². The first-order valence-electron chi connectivity index (χ1n) is 9.66. The Morgan fingerprint density at radius 1 is 1.13 bits per heavy atom. The monoisotopic (exact) mass is 417 g/mol. The molecular weight excluding hydrogens is 391 g/mol. The highest BCUT2D eigenvalue weighted by Crippen LogP contribution is 2.35. The van der Waals surface area contributed by atoms with Gasteiger partial charge in [0.25, 0.3) is 5.91 Å². The maximum atomic E-state index is 13.4. The van der Waals surface area contributed by atoms with E-state index >= 15 is 0 Å². The van der Waals surface area contributed by atoms with Crippen LogP contribution in [0.2, 0.25) is 0 Å².